The highest BCUT2D eigenvalue weighted by atomic mass is 32.1. The third-order valence-corrected chi connectivity index (χ3v) is 6.06. The van der Waals surface area contributed by atoms with E-state index in [0.29, 0.717) is 22.7 Å². The summed E-state index contributed by atoms with van der Waals surface area (Å²) in [6, 6.07) is 8.71. The molecular weight excluding hydrogens is 375 g/mol. The van der Waals surface area contributed by atoms with Crippen LogP contribution in [0.15, 0.2) is 42.7 Å². The van der Waals surface area contributed by atoms with Crippen LogP contribution < -0.4 is 4.73 Å². The average Bonchev–Trinajstić information content (AvgIpc) is 3.03. The van der Waals surface area contributed by atoms with Gasteiger partial charge in [-0.2, -0.15) is 13.2 Å². The van der Waals surface area contributed by atoms with E-state index in [1.165, 1.54) is 22.1 Å². The van der Waals surface area contributed by atoms with E-state index in [4.69, 9.17) is 0 Å². The van der Waals surface area contributed by atoms with Crippen molar-refractivity contribution in [1.82, 2.24) is 9.88 Å². The normalized spacial score (nSPS) is 16.9. The van der Waals surface area contributed by atoms with Crippen molar-refractivity contribution >= 4 is 21.6 Å². The summed E-state index contributed by atoms with van der Waals surface area (Å²) in [5.74, 6) is 0.311. The number of hydrogen-bond acceptors (Lipinski definition) is 4. The number of rotatable bonds is 3. The van der Waals surface area contributed by atoms with E-state index >= 15 is 0 Å². The second kappa shape index (κ2) is 7.09. The van der Waals surface area contributed by atoms with Crippen LogP contribution >= 0.6 is 11.3 Å². The van der Waals surface area contributed by atoms with Gasteiger partial charge in [-0.15, -0.1) is 11.3 Å². The lowest BCUT2D eigenvalue weighted by Crippen LogP contribution is -2.40. The number of fused-ring (bicyclic) bond motifs is 1. The van der Waals surface area contributed by atoms with Crippen molar-refractivity contribution in [2.24, 2.45) is 0 Å². The number of likely N-dealkylation sites (tertiary alicyclic amines) is 1. The standard InChI is InChI=1S/C19H19F3N3OS/c20-19(21,22)14-9-18-16(23-11-14)10-15(27-18)12-24-7-4-13(5-8-24)17-3-1-2-6-25(17)26/h1-3,6,9-11,13,26H,4-5,7-8,12H2/q+1. The van der Waals surface area contributed by atoms with Crippen LogP contribution in [0.2, 0.25) is 0 Å². The molecule has 0 amide bonds. The second-order valence-electron chi connectivity index (χ2n) is 6.84. The smallest absolute Gasteiger partial charge is 0.298 e. The van der Waals surface area contributed by atoms with Crippen LogP contribution in [0.4, 0.5) is 13.2 Å². The van der Waals surface area contributed by atoms with Gasteiger partial charge in [-0.3, -0.25) is 15.1 Å². The molecule has 0 saturated carbocycles. The van der Waals surface area contributed by atoms with Gasteiger partial charge < -0.3 is 0 Å². The van der Waals surface area contributed by atoms with Gasteiger partial charge >= 0.3 is 6.18 Å². The molecule has 1 aliphatic rings. The lowest BCUT2D eigenvalue weighted by Gasteiger charge is -2.29. The Hall–Kier alpha value is -2.19. The molecule has 3 aromatic rings. The number of nitrogens with zero attached hydrogens (tertiary/aromatic N) is 3. The molecule has 0 spiro atoms. The van der Waals surface area contributed by atoms with Crippen molar-refractivity contribution in [3.63, 3.8) is 0 Å². The van der Waals surface area contributed by atoms with Gasteiger partial charge in [0.05, 0.1) is 21.7 Å². The number of alkyl halides is 3. The SMILES string of the molecule is O[n+]1ccccc1C1CCN(Cc2cc3ncc(C(F)(F)F)cc3s2)CC1. The number of thiophene rings is 1. The Morgan fingerprint density at radius 2 is 2.00 bits per heavy atom. The number of halogens is 3. The monoisotopic (exact) mass is 394 g/mol. The Morgan fingerprint density at radius 1 is 1.22 bits per heavy atom. The van der Waals surface area contributed by atoms with Gasteiger partial charge in [-0.05, 0) is 44.1 Å². The molecular formula is C19H19F3N3OS+. The molecule has 4 nitrogen and oxygen atoms in total. The van der Waals surface area contributed by atoms with Crippen molar-refractivity contribution in [2.45, 2.75) is 31.5 Å². The van der Waals surface area contributed by atoms with Crippen LogP contribution in [0.3, 0.4) is 0 Å². The van der Waals surface area contributed by atoms with E-state index in [2.05, 4.69) is 9.88 Å². The zero-order chi connectivity index (χ0) is 19.0. The van der Waals surface area contributed by atoms with Gasteiger partial charge in [0.1, 0.15) is 0 Å². The zero-order valence-electron chi connectivity index (χ0n) is 14.5. The molecule has 0 unspecified atom stereocenters. The summed E-state index contributed by atoms with van der Waals surface area (Å²) in [6.07, 6.45) is 0.0432. The lowest BCUT2D eigenvalue weighted by atomic mass is 9.93. The largest absolute Gasteiger partial charge is 0.417 e. The molecule has 1 fully saturated rings. The number of pyridine rings is 2. The molecule has 4 heterocycles. The maximum atomic E-state index is 12.8. The summed E-state index contributed by atoms with van der Waals surface area (Å²) >= 11 is 1.37. The number of hydrogen-bond donors (Lipinski definition) is 1. The first-order valence-electron chi connectivity index (χ1n) is 8.78. The zero-order valence-corrected chi connectivity index (χ0v) is 15.3. The maximum Gasteiger partial charge on any atom is 0.417 e. The highest BCUT2D eigenvalue weighted by molar-refractivity contribution is 7.19. The molecule has 1 aliphatic heterocycles. The summed E-state index contributed by atoms with van der Waals surface area (Å²) in [5, 5.41) is 9.94. The average molecular weight is 394 g/mol. The highest BCUT2D eigenvalue weighted by Crippen LogP contribution is 2.34. The molecule has 8 heteroatoms. The predicted octanol–water partition coefficient (Wildman–Crippen LogP) is 4.22. The first-order valence-corrected chi connectivity index (χ1v) is 9.59. The third-order valence-electron chi connectivity index (χ3n) is 5.00. The summed E-state index contributed by atoms with van der Waals surface area (Å²) < 4.78 is 40.3. The first kappa shape index (κ1) is 18.2. The van der Waals surface area contributed by atoms with Crippen molar-refractivity contribution in [3.05, 3.63) is 58.9 Å². The number of piperidine rings is 1. The predicted molar refractivity (Wildman–Crippen MR) is 95.7 cm³/mol. The minimum absolute atomic E-state index is 0.311. The molecule has 0 aromatic carbocycles. The third kappa shape index (κ3) is 3.91. The van der Waals surface area contributed by atoms with E-state index < -0.39 is 11.7 Å². The Bertz CT molecular complexity index is 949. The van der Waals surface area contributed by atoms with Crippen LogP contribution in [-0.4, -0.2) is 28.2 Å². The molecule has 1 saturated heterocycles. The van der Waals surface area contributed by atoms with Gasteiger partial charge in [-0.25, -0.2) is 0 Å². The highest BCUT2D eigenvalue weighted by Gasteiger charge is 2.31. The molecule has 27 heavy (non-hydrogen) atoms. The van der Waals surface area contributed by atoms with Crippen LogP contribution in [0.25, 0.3) is 10.2 Å². The number of aromatic nitrogens is 2. The van der Waals surface area contributed by atoms with E-state index in [0.717, 1.165) is 42.7 Å². The van der Waals surface area contributed by atoms with E-state index in [1.807, 2.05) is 18.2 Å². The minimum Gasteiger partial charge on any atom is -0.298 e. The Kier molecular flexibility index (Phi) is 4.77. The molecule has 0 bridgehead atoms. The summed E-state index contributed by atoms with van der Waals surface area (Å²) in [4.78, 5) is 7.29. The van der Waals surface area contributed by atoms with Gasteiger partial charge in [0.25, 0.3) is 0 Å². The van der Waals surface area contributed by atoms with Crippen molar-refractivity contribution in [1.29, 1.82) is 0 Å². The van der Waals surface area contributed by atoms with E-state index in [-0.39, 0.29) is 0 Å². The van der Waals surface area contributed by atoms with Gasteiger partial charge in [0.2, 0.25) is 11.9 Å². The van der Waals surface area contributed by atoms with Gasteiger partial charge in [0.15, 0.2) is 0 Å². The van der Waals surface area contributed by atoms with Crippen LogP contribution in [0.5, 0.6) is 0 Å². The Morgan fingerprint density at radius 3 is 2.70 bits per heavy atom. The molecule has 142 valence electrons. The lowest BCUT2D eigenvalue weighted by molar-refractivity contribution is -0.910. The van der Waals surface area contributed by atoms with Crippen LogP contribution in [0.1, 0.15) is 34.9 Å². The Labute approximate surface area is 158 Å². The summed E-state index contributed by atoms with van der Waals surface area (Å²) in [5.41, 5.74) is 0.829. The molecule has 4 rings (SSSR count). The molecule has 0 atom stereocenters. The topological polar surface area (TPSA) is 40.2 Å². The fraction of sp³-hybridized carbons (Fsp3) is 0.368. The van der Waals surface area contributed by atoms with Gasteiger partial charge in [0, 0.05) is 34.5 Å². The fourth-order valence-electron chi connectivity index (χ4n) is 3.58. The maximum absolute atomic E-state index is 12.8. The van der Waals surface area contributed by atoms with E-state index in [9.17, 15) is 18.4 Å². The second-order valence-corrected chi connectivity index (χ2v) is 8.01. The van der Waals surface area contributed by atoms with Crippen molar-refractivity contribution < 1.29 is 23.1 Å². The first-order chi connectivity index (χ1) is 12.9. The summed E-state index contributed by atoms with van der Waals surface area (Å²) in [7, 11) is 0. The Balaban J connectivity index is 1.42. The van der Waals surface area contributed by atoms with Crippen LogP contribution in [-0.2, 0) is 12.7 Å². The minimum atomic E-state index is -4.37. The molecule has 3 aromatic heterocycles. The van der Waals surface area contributed by atoms with Gasteiger partial charge in [-0.1, -0.05) is 0 Å². The molecule has 0 aliphatic carbocycles. The van der Waals surface area contributed by atoms with Crippen molar-refractivity contribution in [3.8, 4) is 0 Å². The molecule has 1 N–H and O–H groups in total. The quantitative estimate of drug-likeness (QED) is 0.534. The molecule has 0 radical (unpaired) electrons. The van der Waals surface area contributed by atoms with E-state index in [1.54, 1.807) is 12.3 Å². The van der Waals surface area contributed by atoms with Crippen molar-refractivity contribution in [2.75, 3.05) is 13.1 Å². The van der Waals surface area contributed by atoms with Crippen LogP contribution in [0, 0.1) is 0 Å². The summed E-state index contributed by atoms with van der Waals surface area (Å²) in [6.45, 7) is 2.48. The fourth-order valence-corrected chi connectivity index (χ4v) is 4.68.